The summed E-state index contributed by atoms with van der Waals surface area (Å²) in [6.45, 7) is 2.20. The van der Waals surface area contributed by atoms with Crippen LogP contribution >= 0.6 is 34.2 Å². The molecule has 0 saturated carbocycles. The Labute approximate surface area is 143 Å². The van der Waals surface area contributed by atoms with Gasteiger partial charge in [-0.1, -0.05) is 31.5 Å². The summed E-state index contributed by atoms with van der Waals surface area (Å²) in [5.41, 5.74) is 4.65. The summed E-state index contributed by atoms with van der Waals surface area (Å²) in [4.78, 5) is 4.70. The second kappa shape index (κ2) is 6.36. The molecule has 2 nitrogen and oxygen atoms in total. The van der Waals surface area contributed by atoms with Crippen molar-refractivity contribution in [3.63, 3.8) is 0 Å². The van der Waals surface area contributed by atoms with E-state index in [0.29, 0.717) is 5.88 Å². The van der Waals surface area contributed by atoms with Gasteiger partial charge in [0, 0.05) is 3.57 Å². The first-order valence-corrected chi connectivity index (χ1v) is 8.67. The third-order valence-electron chi connectivity index (χ3n) is 3.56. The van der Waals surface area contributed by atoms with Gasteiger partial charge in [0.2, 0.25) is 0 Å². The minimum atomic E-state index is 0.408. The average Bonchev–Trinajstić information content (AvgIpc) is 2.85. The van der Waals surface area contributed by atoms with Crippen LogP contribution in [0.3, 0.4) is 0 Å². The minimum Gasteiger partial charge on any atom is -0.295 e. The standard InChI is InChI=1S/C17H16ClIN2/c1-2-5-12-6-3-4-7-15(12)21-16-9-8-13(19)10-14(16)20-17(21)11-18/h3-4,6-10H,2,5,11H2,1H3. The van der Waals surface area contributed by atoms with Crippen LogP contribution < -0.4 is 0 Å². The number of alkyl halides is 1. The highest BCUT2D eigenvalue weighted by atomic mass is 127. The van der Waals surface area contributed by atoms with Crippen molar-refractivity contribution in [2.45, 2.75) is 25.6 Å². The molecule has 0 fully saturated rings. The van der Waals surface area contributed by atoms with E-state index in [2.05, 4.69) is 76.5 Å². The predicted octanol–water partition coefficient (Wildman–Crippen LogP) is 5.32. The zero-order valence-corrected chi connectivity index (χ0v) is 14.7. The van der Waals surface area contributed by atoms with Gasteiger partial charge < -0.3 is 0 Å². The van der Waals surface area contributed by atoms with E-state index in [1.807, 2.05) is 0 Å². The first kappa shape index (κ1) is 14.9. The number of para-hydroxylation sites is 1. The molecule has 2 aromatic carbocycles. The fourth-order valence-electron chi connectivity index (χ4n) is 2.67. The van der Waals surface area contributed by atoms with Gasteiger partial charge in [0.15, 0.2) is 0 Å². The normalized spacial score (nSPS) is 11.2. The molecule has 0 spiro atoms. The lowest BCUT2D eigenvalue weighted by Gasteiger charge is -2.13. The van der Waals surface area contributed by atoms with Crippen LogP contribution in [0, 0.1) is 3.57 Å². The summed E-state index contributed by atoms with van der Waals surface area (Å²) < 4.78 is 3.39. The van der Waals surface area contributed by atoms with Crippen molar-refractivity contribution in [3.8, 4) is 5.69 Å². The van der Waals surface area contributed by atoms with Crippen molar-refractivity contribution in [1.82, 2.24) is 9.55 Å². The molecule has 0 saturated heterocycles. The topological polar surface area (TPSA) is 17.8 Å². The van der Waals surface area contributed by atoms with Gasteiger partial charge in [-0.15, -0.1) is 11.6 Å². The quantitative estimate of drug-likeness (QED) is 0.420. The smallest absolute Gasteiger partial charge is 0.129 e. The first-order chi connectivity index (χ1) is 10.2. The Kier molecular flexibility index (Phi) is 4.50. The molecule has 3 rings (SSSR count). The average molecular weight is 411 g/mol. The number of nitrogens with zero attached hydrogens (tertiary/aromatic N) is 2. The van der Waals surface area contributed by atoms with Crippen molar-refractivity contribution in [2.24, 2.45) is 0 Å². The number of imidazole rings is 1. The number of aromatic nitrogens is 2. The minimum absolute atomic E-state index is 0.408. The molecule has 0 aliphatic rings. The molecule has 3 aromatic rings. The van der Waals surface area contributed by atoms with Gasteiger partial charge in [0.05, 0.1) is 22.6 Å². The van der Waals surface area contributed by atoms with Crippen molar-refractivity contribution in [1.29, 1.82) is 0 Å². The highest BCUT2D eigenvalue weighted by molar-refractivity contribution is 14.1. The summed E-state index contributed by atoms with van der Waals surface area (Å²) in [6.07, 6.45) is 2.18. The lowest BCUT2D eigenvalue weighted by molar-refractivity contribution is 0.889. The second-order valence-corrected chi connectivity index (χ2v) is 6.52. The zero-order chi connectivity index (χ0) is 14.8. The third-order valence-corrected chi connectivity index (χ3v) is 4.47. The second-order valence-electron chi connectivity index (χ2n) is 5.01. The maximum atomic E-state index is 6.14. The van der Waals surface area contributed by atoms with Crippen LogP contribution in [-0.4, -0.2) is 9.55 Å². The van der Waals surface area contributed by atoms with Gasteiger partial charge in [-0.3, -0.25) is 4.57 Å². The van der Waals surface area contributed by atoms with Crippen molar-refractivity contribution in [3.05, 3.63) is 57.4 Å². The molecular formula is C17H16ClIN2. The molecule has 4 heteroatoms. The molecule has 0 amide bonds. The van der Waals surface area contributed by atoms with Gasteiger partial charge >= 0.3 is 0 Å². The van der Waals surface area contributed by atoms with Crippen molar-refractivity contribution < 1.29 is 0 Å². The van der Waals surface area contributed by atoms with Crippen molar-refractivity contribution in [2.75, 3.05) is 0 Å². The maximum Gasteiger partial charge on any atom is 0.129 e. The summed E-state index contributed by atoms with van der Waals surface area (Å²) in [5, 5.41) is 0. The third kappa shape index (κ3) is 2.81. The molecule has 0 aliphatic heterocycles. The zero-order valence-electron chi connectivity index (χ0n) is 11.8. The fraction of sp³-hybridized carbons (Fsp3) is 0.235. The predicted molar refractivity (Wildman–Crippen MR) is 97.3 cm³/mol. The Morgan fingerprint density at radius 1 is 1.19 bits per heavy atom. The number of fused-ring (bicyclic) bond motifs is 1. The molecular weight excluding hydrogens is 395 g/mol. The van der Waals surface area contributed by atoms with E-state index in [0.717, 1.165) is 29.7 Å². The van der Waals surface area contributed by atoms with Crippen LogP contribution in [0.15, 0.2) is 42.5 Å². The van der Waals surface area contributed by atoms with Crippen LogP contribution in [0.2, 0.25) is 0 Å². The van der Waals surface area contributed by atoms with E-state index in [9.17, 15) is 0 Å². The van der Waals surface area contributed by atoms with Gasteiger partial charge in [-0.05, 0) is 58.8 Å². The van der Waals surface area contributed by atoms with Gasteiger partial charge in [-0.25, -0.2) is 4.98 Å². The summed E-state index contributed by atoms with van der Waals surface area (Å²) in [6, 6.07) is 14.9. The lowest BCUT2D eigenvalue weighted by Crippen LogP contribution is -2.03. The monoisotopic (exact) mass is 410 g/mol. The first-order valence-electron chi connectivity index (χ1n) is 7.05. The van der Waals surface area contributed by atoms with Crippen LogP contribution in [0.25, 0.3) is 16.7 Å². The molecule has 0 N–H and O–H groups in total. The number of halogens is 2. The van der Waals surface area contributed by atoms with Gasteiger partial charge in [0.25, 0.3) is 0 Å². The van der Waals surface area contributed by atoms with E-state index in [1.54, 1.807) is 0 Å². The van der Waals surface area contributed by atoms with Gasteiger partial charge in [0.1, 0.15) is 5.82 Å². The van der Waals surface area contributed by atoms with Crippen LogP contribution in [0.1, 0.15) is 24.7 Å². The summed E-state index contributed by atoms with van der Waals surface area (Å²) >= 11 is 8.45. The molecule has 0 bridgehead atoms. The number of benzene rings is 2. The Balaban J connectivity index is 2.29. The fourth-order valence-corrected chi connectivity index (χ4v) is 3.33. The van der Waals surface area contributed by atoms with E-state index in [4.69, 9.17) is 16.6 Å². The van der Waals surface area contributed by atoms with E-state index >= 15 is 0 Å². The molecule has 0 radical (unpaired) electrons. The lowest BCUT2D eigenvalue weighted by atomic mass is 10.1. The Bertz CT molecular complexity index is 780. The Morgan fingerprint density at radius 3 is 2.76 bits per heavy atom. The summed E-state index contributed by atoms with van der Waals surface area (Å²) in [5.74, 6) is 1.31. The molecule has 0 unspecified atom stereocenters. The highest BCUT2D eigenvalue weighted by Crippen LogP contribution is 2.26. The Morgan fingerprint density at radius 2 is 2.00 bits per heavy atom. The molecule has 108 valence electrons. The van der Waals surface area contributed by atoms with Crippen LogP contribution in [0.4, 0.5) is 0 Å². The largest absolute Gasteiger partial charge is 0.295 e. The SMILES string of the molecule is CCCc1ccccc1-n1c(CCl)nc2cc(I)ccc21. The van der Waals surface area contributed by atoms with E-state index < -0.39 is 0 Å². The maximum absolute atomic E-state index is 6.14. The highest BCUT2D eigenvalue weighted by Gasteiger charge is 2.14. The number of rotatable bonds is 4. The summed E-state index contributed by atoms with van der Waals surface area (Å²) in [7, 11) is 0. The Hall–Kier alpha value is -1.07. The number of aryl methyl sites for hydroxylation is 1. The molecule has 21 heavy (non-hydrogen) atoms. The van der Waals surface area contributed by atoms with Crippen LogP contribution in [-0.2, 0) is 12.3 Å². The van der Waals surface area contributed by atoms with Gasteiger partial charge in [-0.2, -0.15) is 0 Å². The molecule has 0 aliphatic carbocycles. The molecule has 0 atom stereocenters. The molecule has 1 aromatic heterocycles. The number of hydrogen-bond donors (Lipinski definition) is 0. The number of hydrogen-bond acceptors (Lipinski definition) is 1. The van der Waals surface area contributed by atoms with E-state index in [1.165, 1.54) is 14.8 Å². The van der Waals surface area contributed by atoms with Crippen molar-refractivity contribution >= 4 is 45.2 Å². The van der Waals surface area contributed by atoms with E-state index in [-0.39, 0.29) is 0 Å². The van der Waals surface area contributed by atoms with Crippen LogP contribution in [0.5, 0.6) is 0 Å². The molecule has 1 heterocycles.